The Kier molecular flexibility index (Phi) is 4.04. The summed E-state index contributed by atoms with van der Waals surface area (Å²) in [5.41, 5.74) is 2.44. The molecule has 122 valence electrons. The molecular formula is C19H16INO3. The predicted octanol–water partition coefficient (Wildman–Crippen LogP) is 4.41. The zero-order chi connectivity index (χ0) is 16.7. The van der Waals surface area contributed by atoms with Gasteiger partial charge in [-0.05, 0) is 71.8 Å². The topological polar surface area (TPSA) is 50.5 Å². The van der Waals surface area contributed by atoms with Crippen molar-refractivity contribution in [3.63, 3.8) is 0 Å². The summed E-state index contributed by atoms with van der Waals surface area (Å²) in [7, 11) is 0. The molecule has 1 amide bonds. The van der Waals surface area contributed by atoms with E-state index < -0.39 is 0 Å². The maximum atomic E-state index is 12.9. The van der Waals surface area contributed by atoms with Crippen LogP contribution in [0.25, 0.3) is 0 Å². The van der Waals surface area contributed by atoms with E-state index in [1.165, 1.54) is 0 Å². The second-order valence-electron chi connectivity index (χ2n) is 6.11. The highest BCUT2D eigenvalue weighted by Gasteiger charge is 2.40. The van der Waals surface area contributed by atoms with E-state index in [-0.39, 0.29) is 24.0 Å². The van der Waals surface area contributed by atoms with Crippen LogP contribution in [0.3, 0.4) is 0 Å². The summed E-state index contributed by atoms with van der Waals surface area (Å²) < 4.78 is 6.63. The van der Waals surface area contributed by atoms with Gasteiger partial charge in [-0.25, -0.2) is 0 Å². The van der Waals surface area contributed by atoms with Crippen molar-refractivity contribution in [2.75, 3.05) is 4.90 Å². The molecule has 2 heterocycles. The quantitative estimate of drug-likeness (QED) is 0.660. The number of allylic oxidation sites excluding steroid dienone is 2. The monoisotopic (exact) mass is 433 g/mol. The minimum Gasteiger partial charge on any atom is -0.469 e. The molecule has 5 heteroatoms. The fourth-order valence-corrected chi connectivity index (χ4v) is 3.97. The molecule has 0 spiro atoms. The lowest BCUT2D eigenvalue weighted by molar-refractivity contribution is -0.120. The molecule has 1 aromatic heterocycles. The molecule has 1 atom stereocenters. The Hall–Kier alpha value is -1.89. The van der Waals surface area contributed by atoms with Crippen LogP contribution in [-0.2, 0) is 9.59 Å². The van der Waals surface area contributed by atoms with Crippen molar-refractivity contribution in [2.24, 2.45) is 0 Å². The van der Waals surface area contributed by atoms with Gasteiger partial charge in [0, 0.05) is 33.4 Å². The smallest absolute Gasteiger partial charge is 0.232 e. The molecule has 0 saturated heterocycles. The summed E-state index contributed by atoms with van der Waals surface area (Å²) >= 11 is 2.24. The van der Waals surface area contributed by atoms with Gasteiger partial charge in [-0.2, -0.15) is 0 Å². The Morgan fingerprint density at radius 1 is 1.08 bits per heavy atom. The normalized spacial score (nSPS) is 21.2. The van der Waals surface area contributed by atoms with Crippen LogP contribution < -0.4 is 4.90 Å². The Bertz CT molecular complexity index is 821. The van der Waals surface area contributed by atoms with Crippen molar-refractivity contribution in [1.82, 2.24) is 0 Å². The Morgan fingerprint density at radius 2 is 1.88 bits per heavy atom. The third-order valence-corrected chi connectivity index (χ3v) is 5.37. The molecule has 0 radical (unpaired) electrons. The Balaban J connectivity index is 1.85. The first-order chi connectivity index (χ1) is 11.6. The standard InChI is InChI=1S/C19H16INO3/c20-12-6-8-13(9-7-12)21-15-3-1-4-16(22)19(15)14(11-18(21)23)17-5-2-10-24-17/h2,5-10,14H,1,3-4,11H2. The van der Waals surface area contributed by atoms with Crippen molar-refractivity contribution < 1.29 is 14.0 Å². The van der Waals surface area contributed by atoms with E-state index in [1.54, 1.807) is 17.2 Å². The highest BCUT2D eigenvalue weighted by Crippen LogP contribution is 2.43. The van der Waals surface area contributed by atoms with Crippen LogP contribution in [0.15, 0.2) is 58.3 Å². The van der Waals surface area contributed by atoms with Crippen LogP contribution in [0.1, 0.15) is 37.4 Å². The lowest BCUT2D eigenvalue weighted by atomic mass is 9.79. The van der Waals surface area contributed by atoms with E-state index >= 15 is 0 Å². The average molecular weight is 433 g/mol. The number of benzene rings is 1. The second-order valence-corrected chi connectivity index (χ2v) is 7.36. The second kappa shape index (κ2) is 6.20. The molecule has 0 N–H and O–H groups in total. The number of carbonyl (C=O) groups excluding carboxylic acids is 2. The van der Waals surface area contributed by atoms with E-state index in [2.05, 4.69) is 22.6 Å². The zero-order valence-electron chi connectivity index (χ0n) is 13.0. The number of anilines is 1. The molecular weight excluding hydrogens is 417 g/mol. The van der Waals surface area contributed by atoms with Crippen LogP contribution in [0.2, 0.25) is 0 Å². The first-order valence-corrected chi connectivity index (χ1v) is 9.11. The molecule has 1 aliphatic carbocycles. The first kappa shape index (κ1) is 15.6. The molecule has 2 aliphatic rings. The Morgan fingerprint density at radius 3 is 2.58 bits per heavy atom. The van der Waals surface area contributed by atoms with Crippen molar-refractivity contribution in [3.8, 4) is 0 Å². The summed E-state index contributed by atoms with van der Waals surface area (Å²) in [5, 5.41) is 0. The van der Waals surface area contributed by atoms with Gasteiger partial charge in [0.15, 0.2) is 5.78 Å². The number of carbonyl (C=O) groups is 2. The van der Waals surface area contributed by atoms with Crippen molar-refractivity contribution >= 4 is 40.0 Å². The molecule has 1 aromatic carbocycles. The maximum Gasteiger partial charge on any atom is 0.232 e. The molecule has 2 aromatic rings. The number of amides is 1. The van der Waals surface area contributed by atoms with Crippen molar-refractivity contribution in [1.29, 1.82) is 0 Å². The maximum absolute atomic E-state index is 12.9. The fraction of sp³-hybridized carbons (Fsp3) is 0.263. The van der Waals surface area contributed by atoms with Gasteiger partial charge < -0.3 is 4.42 Å². The summed E-state index contributed by atoms with van der Waals surface area (Å²) in [6.45, 7) is 0. The lowest BCUT2D eigenvalue weighted by Gasteiger charge is -2.37. The summed E-state index contributed by atoms with van der Waals surface area (Å²) in [4.78, 5) is 27.3. The molecule has 4 nitrogen and oxygen atoms in total. The lowest BCUT2D eigenvalue weighted by Crippen LogP contribution is -2.40. The molecule has 1 aliphatic heterocycles. The fourth-order valence-electron chi connectivity index (χ4n) is 3.62. The summed E-state index contributed by atoms with van der Waals surface area (Å²) in [5.74, 6) is 0.607. The van der Waals surface area contributed by atoms with Crippen LogP contribution in [0, 0.1) is 3.57 Å². The van der Waals surface area contributed by atoms with Crippen LogP contribution in [-0.4, -0.2) is 11.7 Å². The number of nitrogens with zero attached hydrogens (tertiary/aromatic N) is 1. The molecule has 0 fully saturated rings. The molecule has 4 rings (SSSR count). The van der Waals surface area contributed by atoms with Crippen molar-refractivity contribution in [3.05, 3.63) is 63.3 Å². The van der Waals surface area contributed by atoms with Gasteiger partial charge in [-0.15, -0.1) is 0 Å². The van der Waals surface area contributed by atoms with Gasteiger partial charge in [0.1, 0.15) is 5.76 Å². The predicted molar refractivity (Wildman–Crippen MR) is 98.6 cm³/mol. The number of hydrogen-bond acceptors (Lipinski definition) is 3. The van der Waals surface area contributed by atoms with Crippen LogP contribution >= 0.6 is 22.6 Å². The minimum absolute atomic E-state index is 0.0195. The number of Topliss-reactive ketones (excluding diaryl/α,β-unsaturated/α-hetero) is 1. The van der Waals surface area contributed by atoms with E-state index in [1.807, 2.05) is 30.3 Å². The summed E-state index contributed by atoms with van der Waals surface area (Å²) in [6, 6.07) is 11.5. The highest BCUT2D eigenvalue weighted by molar-refractivity contribution is 14.1. The van der Waals surface area contributed by atoms with Crippen LogP contribution in [0.5, 0.6) is 0 Å². The van der Waals surface area contributed by atoms with Crippen molar-refractivity contribution in [2.45, 2.75) is 31.6 Å². The van der Waals surface area contributed by atoms with E-state index in [0.717, 1.165) is 33.4 Å². The van der Waals surface area contributed by atoms with Crippen LogP contribution in [0.4, 0.5) is 5.69 Å². The van der Waals surface area contributed by atoms with Gasteiger partial charge in [0.2, 0.25) is 5.91 Å². The third-order valence-electron chi connectivity index (χ3n) is 4.65. The molecule has 24 heavy (non-hydrogen) atoms. The Labute approximate surface area is 153 Å². The number of ketones is 1. The van der Waals surface area contributed by atoms with Gasteiger partial charge in [-0.3, -0.25) is 14.5 Å². The SMILES string of the molecule is O=C1CCCC2=C1C(c1ccco1)CC(=O)N2c1ccc(I)cc1. The average Bonchev–Trinajstić information content (AvgIpc) is 3.10. The van der Waals surface area contributed by atoms with E-state index in [9.17, 15) is 9.59 Å². The van der Waals surface area contributed by atoms with Gasteiger partial charge >= 0.3 is 0 Å². The van der Waals surface area contributed by atoms with Gasteiger partial charge in [0.05, 0.1) is 12.2 Å². The number of rotatable bonds is 2. The van der Waals surface area contributed by atoms with Gasteiger partial charge in [0.25, 0.3) is 0 Å². The molecule has 0 bridgehead atoms. The number of furan rings is 1. The largest absolute Gasteiger partial charge is 0.469 e. The number of halogens is 1. The minimum atomic E-state index is -0.254. The molecule has 1 unspecified atom stereocenters. The summed E-state index contributed by atoms with van der Waals surface area (Å²) in [6.07, 6.45) is 3.94. The third kappa shape index (κ3) is 2.60. The highest BCUT2D eigenvalue weighted by atomic mass is 127. The first-order valence-electron chi connectivity index (χ1n) is 8.03. The van der Waals surface area contributed by atoms with Gasteiger partial charge in [-0.1, -0.05) is 0 Å². The zero-order valence-corrected chi connectivity index (χ0v) is 15.2. The molecule has 0 saturated carbocycles. The van der Waals surface area contributed by atoms with E-state index in [4.69, 9.17) is 4.42 Å². The number of hydrogen-bond donors (Lipinski definition) is 0. The van der Waals surface area contributed by atoms with E-state index in [0.29, 0.717) is 12.2 Å².